The molecule has 0 unspecified atom stereocenters. The summed E-state index contributed by atoms with van der Waals surface area (Å²) in [5.41, 5.74) is 8.75. The molecule has 2 fully saturated rings. The summed E-state index contributed by atoms with van der Waals surface area (Å²) in [4.78, 5) is 11.4. The van der Waals surface area contributed by atoms with Gasteiger partial charge in [0.2, 0.25) is 0 Å². The van der Waals surface area contributed by atoms with Crippen LogP contribution in [0.25, 0.3) is 0 Å². The Bertz CT molecular complexity index is 963. The summed E-state index contributed by atoms with van der Waals surface area (Å²) < 4.78 is 33.9. The van der Waals surface area contributed by atoms with Crippen LogP contribution in [-0.4, -0.2) is 20.6 Å². The van der Waals surface area contributed by atoms with Gasteiger partial charge in [-0.05, 0) is 91.9 Å². The number of carbonyl (C=O) groups is 1. The summed E-state index contributed by atoms with van der Waals surface area (Å²) in [6, 6.07) is 4.08. The standard InChI is InChI=1S/C23H34N2O5S/c1-3-4-5-15-12-18-14(13-20(15)30-31(25,27)28)6-7-17-16(18)10-11-23(2)19(17)8-9-21(23)29-22(24)26/h12-13,16-17,19,21H,3-11H2,1-2H3,(H2,24,26)(H2,25,27,28)/t16-,17+,19-,21-,23-/m0/s1. The number of ether oxygens (including phenoxy) is 1. The van der Waals surface area contributed by atoms with E-state index in [-0.39, 0.29) is 11.5 Å². The van der Waals surface area contributed by atoms with E-state index in [1.165, 1.54) is 11.1 Å². The maximum Gasteiger partial charge on any atom is 0.404 e. The highest BCUT2D eigenvalue weighted by Gasteiger charge is 2.56. The number of primary amides is 1. The van der Waals surface area contributed by atoms with Crippen molar-refractivity contribution < 1.29 is 22.1 Å². The van der Waals surface area contributed by atoms with Gasteiger partial charge in [-0.25, -0.2) is 4.79 Å². The average molecular weight is 451 g/mol. The Morgan fingerprint density at radius 1 is 1.23 bits per heavy atom. The van der Waals surface area contributed by atoms with E-state index in [1.54, 1.807) is 0 Å². The van der Waals surface area contributed by atoms with Crippen molar-refractivity contribution in [2.24, 2.45) is 28.1 Å². The second-order valence-electron chi connectivity index (χ2n) is 9.80. The second kappa shape index (κ2) is 8.28. The smallest absolute Gasteiger partial charge is 0.404 e. The van der Waals surface area contributed by atoms with Gasteiger partial charge in [0.05, 0.1) is 0 Å². The Hall–Kier alpha value is -1.80. The van der Waals surface area contributed by atoms with Crippen LogP contribution in [0.15, 0.2) is 12.1 Å². The molecule has 0 bridgehead atoms. The predicted molar refractivity (Wildman–Crippen MR) is 118 cm³/mol. The third-order valence-electron chi connectivity index (χ3n) is 8.08. The van der Waals surface area contributed by atoms with E-state index in [4.69, 9.17) is 19.8 Å². The molecule has 7 nitrogen and oxygen atoms in total. The number of fused-ring (bicyclic) bond motifs is 5. The number of hydrogen-bond donors (Lipinski definition) is 2. The summed E-state index contributed by atoms with van der Waals surface area (Å²) in [6.07, 6.45) is 7.87. The Morgan fingerprint density at radius 2 is 2.00 bits per heavy atom. The van der Waals surface area contributed by atoms with Crippen molar-refractivity contribution in [3.63, 3.8) is 0 Å². The van der Waals surface area contributed by atoms with Crippen molar-refractivity contribution in [2.75, 3.05) is 0 Å². The van der Waals surface area contributed by atoms with Crippen LogP contribution in [0.2, 0.25) is 0 Å². The molecule has 3 aliphatic rings. The van der Waals surface area contributed by atoms with Crippen LogP contribution in [0.1, 0.15) is 81.4 Å². The Balaban J connectivity index is 1.65. The number of aryl methyl sites for hydroxylation is 2. The fourth-order valence-electron chi connectivity index (χ4n) is 6.70. The third-order valence-corrected chi connectivity index (χ3v) is 8.49. The van der Waals surface area contributed by atoms with Crippen LogP contribution >= 0.6 is 0 Å². The Labute approximate surface area is 185 Å². The molecule has 4 rings (SSSR count). The molecule has 5 atom stereocenters. The van der Waals surface area contributed by atoms with Crippen LogP contribution < -0.4 is 15.1 Å². The van der Waals surface area contributed by atoms with Crippen molar-refractivity contribution in [1.82, 2.24) is 0 Å². The number of unbranched alkanes of at least 4 members (excludes halogenated alkanes) is 1. The molecule has 0 aromatic heterocycles. The largest absolute Gasteiger partial charge is 0.446 e. The number of hydrogen-bond acceptors (Lipinski definition) is 5. The molecule has 0 saturated heterocycles. The molecular weight excluding hydrogens is 416 g/mol. The average Bonchev–Trinajstić information content (AvgIpc) is 3.00. The first-order chi connectivity index (χ1) is 14.6. The van der Waals surface area contributed by atoms with Crippen molar-refractivity contribution in [2.45, 2.75) is 83.7 Å². The first kappa shape index (κ1) is 22.4. The third kappa shape index (κ3) is 4.29. The summed E-state index contributed by atoms with van der Waals surface area (Å²) in [5, 5.41) is 5.17. The van der Waals surface area contributed by atoms with E-state index >= 15 is 0 Å². The molecule has 4 N–H and O–H groups in total. The van der Waals surface area contributed by atoms with Crippen LogP contribution in [0.4, 0.5) is 4.79 Å². The monoisotopic (exact) mass is 450 g/mol. The van der Waals surface area contributed by atoms with Gasteiger partial charge in [0.25, 0.3) is 0 Å². The predicted octanol–water partition coefficient (Wildman–Crippen LogP) is 3.93. The lowest BCUT2D eigenvalue weighted by atomic mass is 9.55. The van der Waals surface area contributed by atoms with Crippen LogP contribution in [0.5, 0.6) is 5.75 Å². The molecule has 1 aromatic rings. The molecule has 1 aromatic carbocycles. The molecule has 1 amide bonds. The number of carbonyl (C=O) groups excluding carboxylic acids is 1. The van der Waals surface area contributed by atoms with Gasteiger partial charge in [-0.1, -0.05) is 26.3 Å². The lowest BCUT2D eigenvalue weighted by molar-refractivity contribution is -0.0291. The fraction of sp³-hybridized carbons (Fsp3) is 0.696. The second-order valence-corrected chi connectivity index (χ2v) is 11.0. The molecule has 0 aliphatic heterocycles. The van der Waals surface area contributed by atoms with E-state index in [2.05, 4.69) is 19.9 Å². The highest BCUT2D eigenvalue weighted by molar-refractivity contribution is 7.84. The van der Waals surface area contributed by atoms with Gasteiger partial charge in [0.15, 0.2) is 0 Å². The molecular formula is C23H34N2O5S. The quantitative estimate of drug-likeness (QED) is 0.680. The molecule has 172 valence electrons. The zero-order chi connectivity index (χ0) is 22.4. The molecule has 0 heterocycles. The van der Waals surface area contributed by atoms with Gasteiger partial charge in [-0.3, -0.25) is 0 Å². The van der Waals surface area contributed by atoms with Gasteiger partial charge >= 0.3 is 16.4 Å². The van der Waals surface area contributed by atoms with Crippen molar-refractivity contribution in [1.29, 1.82) is 0 Å². The van der Waals surface area contributed by atoms with E-state index in [1.807, 2.05) is 6.07 Å². The van der Waals surface area contributed by atoms with Gasteiger partial charge in [-0.15, -0.1) is 0 Å². The summed E-state index contributed by atoms with van der Waals surface area (Å²) in [6.45, 7) is 4.38. The minimum absolute atomic E-state index is 0.0184. The maximum absolute atomic E-state index is 11.6. The number of benzene rings is 1. The molecule has 0 spiro atoms. The summed E-state index contributed by atoms with van der Waals surface area (Å²) in [7, 11) is -4.06. The Morgan fingerprint density at radius 3 is 2.68 bits per heavy atom. The number of rotatable bonds is 6. The first-order valence-electron chi connectivity index (χ1n) is 11.5. The van der Waals surface area contributed by atoms with Crippen molar-refractivity contribution in [3.8, 4) is 5.75 Å². The molecule has 8 heteroatoms. The van der Waals surface area contributed by atoms with Crippen molar-refractivity contribution in [3.05, 3.63) is 28.8 Å². The van der Waals surface area contributed by atoms with E-state index < -0.39 is 16.4 Å². The SMILES string of the molecule is CCCCc1cc2c(cc1OS(N)(=O)=O)CC[C@@H]1[C@@H]2CC[C@]2(C)[C@@H](OC(N)=O)CC[C@@H]12. The zero-order valence-corrected chi connectivity index (χ0v) is 19.2. The van der Waals surface area contributed by atoms with Crippen LogP contribution in [0, 0.1) is 17.3 Å². The Kier molecular flexibility index (Phi) is 5.98. The van der Waals surface area contributed by atoms with Crippen LogP contribution in [-0.2, 0) is 27.9 Å². The highest BCUT2D eigenvalue weighted by atomic mass is 32.2. The first-order valence-corrected chi connectivity index (χ1v) is 12.9. The molecule has 2 saturated carbocycles. The van der Waals surface area contributed by atoms with E-state index in [0.717, 1.165) is 63.4 Å². The molecule has 3 aliphatic carbocycles. The van der Waals surface area contributed by atoms with Gasteiger partial charge < -0.3 is 14.7 Å². The number of nitrogens with two attached hydrogens (primary N) is 2. The lowest BCUT2D eigenvalue weighted by Gasteiger charge is -2.50. The van der Waals surface area contributed by atoms with Crippen molar-refractivity contribution >= 4 is 16.4 Å². The maximum atomic E-state index is 11.6. The van der Waals surface area contributed by atoms with E-state index in [9.17, 15) is 13.2 Å². The normalized spacial score (nSPS) is 32.0. The minimum Gasteiger partial charge on any atom is -0.446 e. The van der Waals surface area contributed by atoms with Gasteiger partial charge in [0.1, 0.15) is 11.9 Å². The van der Waals surface area contributed by atoms with Gasteiger partial charge in [-0.2, -0.15) is 13.6 Å². The lowest BCUT2D eigenvalue weighted by Crippen LogP contribution is -2.45. The molecule has 0 radical (unpaired) electrons. The minimum atomic E-state index is -4.06. The topological polar surface area (TPSA) is 122 Å². The zero-order valence-electron chi connectivity index (χ0n) is 18.4. The summed E-state index contributed by atoms with van der Waals surface area (Å²) in [5.74, 6) is 1.86. The number of amides is 1. The van der Waals surface area contributed by atoms with Crippen LogP contribution in [0.3, 0.4) is 0 Å². The van der Waals surface area contributed by atoms with Gasteiger partial charge in [0, 0.05) is 5.41 Å². The van der Waals surface area contributed by atoms with E-state index in [0.29, 0.717) is 23.5 Å². The molecule has 31 heavy (non-hydrogen) atoms. The fourth-order valence-corrected chi connectivity index (χ4v) is 7.10. The summed E-state index contributed by atoms with van der Waals surface area (Å²) >= 11 is 0. The highest BCUT2D eigenvalue weighted by Crippen LogP contribution is 2.61.